The highest BCUT2D eigenvalue weighted by atomic mass is 32.2. The molecule has 0 aliphatic rings. The Morgan fingerprint density at radius 3 is 1.19 bits per heavy atom. The monoisotopic (exact) mass is 738 g/mol. The number of ether oxygens (including phenoxy) is 2. The predicted octanol–water partition coefficient (Wildman–Crippen LogP) is 11.5. The lowest BCUT2D eigenvalue weighted by molar-refractivity contribution is 0.415. The van der Waals surface area contributed by atoms with Crippen LogP contribution in [0.5, 0.6) is 11.5 Å². The van der Waals surface area contributed by atoms with Crippen LogP contribution in [0.1, 0.15) is 22.3 Å². The average molecular weight is 739 g/mol. The molecule has 262 valence electrons. The number of thioether (sulfide) groups is 2. The topological polar surface area (TPSA) is 91.8 Å². The van der Waals surface area contributed by atoms with Gasteiger partial charge in [0.1, 0.15) is 33.7 Å². The fraction of sp³-hybridized carbons (Fsp3) is 0.0870. The van der Waals surface area contributed by atoms with Gasteiger partial charge in [-0.05, 0) is 58.7 Å². The summed E-state index contributed by atoms with van der Waals surface area (Å²) in [5.74, 6) is 2.79. The second-order valence-electron chi connectivity index (χ2n) is 12.3. The normalized spacial score (nSPS) is 10.7. The second-order valence-corrected chi connectivity index (χ2v) is 14.2. The van der Waals surface area contributed by atoms with Gasteiger partial charge in [0.15, 0.2) is 0 Å². The van der Waals surface area contributed by atoms with Crippen molar-refractivity contribution in [3.8, 4) is 68.4 Å². The molecule has 2 heterocycles. The number of pyridine rings is 2. The van der Waals surface area contributed by atoms with E-state index in [1.807, 2.05) is 121 Å². The van der Waals surface area contributed by atoms with Crippen molar-refractivity contribution >= 4 is 23.5 Å². The van der Waals surface area contributed by atoms with Gasteiger partial charge >= 0.3 is 0 Å². The number of methoxy groups -OCH3 is 2. The summed E-state index contributed by atoms with van der Waals surface area (Å²) in [5, 5.41) is 22.1. The molecule has 6 nitrogen and oxygen atoms in total. The Bertz CT molecular complexity index is 2280. The number of benzene rings is 5. The van der Waals surface area contributed by atoms with Gasteiger partial charge in [-0.2, -0.15) is 10.5 Å². The molecule has 0 radical (unpaired) electrons. The molecule has 5 aromatic carbocycles. The first-order valence-corrected chi connectivity index (χ1v) is 19.2. The van der Waals surface area contributed by atoms with E-state index in [4.69, 9.17) is 19.4 Å². The van der Waals surface area contributed by atoms with Gasteiger partial charge in [0, 0.05) is 33.8 Å². The summed E-state index contributed by atoms with van der Waals surface area (Å²) in [4.78, 5) is 9.97. The van der Waals surface area contributed by atoms with E-state index in [1.54, 1.807) is 37.7 Å². The number of nitrogens with zero attached hydrogens (tertiary/aromatic N) is 4. The summed E-state index contributed by atoms with van der Waals surface area (Å²) in [7, 11) is 3.28. The number of aromatic nitrogens is 2. The van der Waals surface area contributed by atoms with Crippen LogP contribution in [0.3, 0.4) is 0 Å². The highest BCUT2D eigenvalue weighted by Gasteiger charge is 2.18. The van der Waals surface area contributed by atoms with Crippen molar-refractivity contribution in [2.45, 2.75) is 21.6 Å². The summed E-state index contributed by atoms with van der Waals surface area (Å²) in [6.07, 6.45) is 0. The Hall–Kier alpha value is -6.32. The molecule has 54 heavy (non-hydrogen) atoms. The summed E-state index contributed by atoms with van der Waals surface area (Å²) >= 11 is 3.11. The van der Waals surface area contributed by atoms with E-state index < -0.39 is 0 Å². The van der Waals surface area contributed by atoms with Gasteiger partial charge < -0.3 is 9.47 Å². The first kappa shape index (κ1) is 36.1. The van der Waals surface area contributed by atoms with Crippen molar-refractivity contribution in [2.24, 2.45) is 0 Å². The minimum Gasteiger partial charge on any atom is -0.497 e. The number of hydrogen-bond acceptors (Lipinski definition) is 8. The van der Waals surface area contributed by atoms with Crippen LogP contribution in [-0.2, 0) is 11.5 Å². The Morgan fingerprint density at radius 1 is 0.481 bits per heavy atom. The first-order valence-electron chi connectivity index (χ1n) is 17.2. The Kier molecular flexibility index (Phi) is 11.4. The maximum atomic E-state index is 10.4. The molecule has 0 saturated heterocycles. The quantitative estimate of drug-likeness (QED) is 0.114. The third kappa shape index (κ3) is 8.17. The maximum absolute atomic E-state index is 10.4. The fourth-order valence-electron chi connectivity index (χ4n) is 6.01. The van der Waals surface area contributed by atoms with Crippen LogP contribution in [0.15, 0.2) is 156 Å². The highest BCUT2D eigenvalue weighted by Crippen LogP contribution is 2.38. The minimum atomic E-state index is 0.547. The van der Waals surface area contributed by atoms with E-state index in [1.165, 1.54) is 0 Å². The molecule has 2 aromatic heterocycles. The SMILES string of the molecule is COc1ccc(-c2cc(-c3ccccc3)nc(SCc3ccc(CSc4nc(-c5ccccc5)cc(-c5ccc(OC)cc5)c4C#N)cc3)c2C#N)cc1. The van der Waals surface area contributed by atoms with Crippen molar-refractivity contribution in [2.75, 3.05) is 14.2 Å². The molecule has 0 spiro atoms. The van der Waals surface area contributed by atoms with Crippen LogP contribution < -0.4 is 9.47 Å². The molecule has 0 aliphatic heterocycles. The average Bonchev–Trinajstić information content (AvgIpc) is 3.25. The summed E-state index contributed by atoms with van der Waals surface area (Å²) in [6.45, 7) is 0. The zero-order valence-electron chi connectivity index (χ0n) is 29.7. The molecule has 8 heteroatoms. The number of rotatable bonds is 12. The molecule has 7 aromatic rings. The van der Waals surface area contributed by atoms with E-state index in [0.717, 1.165) is 67.4 Å². The standard InChI is InChI=1S/C46H34N4O2S2/c1-51-37-21-17-33(18-22-37)39-25-43(35-9-5-3-6-10-35)49-45(41(39)27-47)53-29-31-13-15-32(16-14-31)30-54-46-42(28-48)40(34-19-23-38(52-2)24-20-34)26-44(50-46)36-11-7-4-8-12-36/h3-26H,29-30H2,1-2H3. The lowest BCUT2D eigenvalue weighted by Crippen LogP contribution is -1.97. The van der Waals surface area contributed by atoms with Crippen molar-refractivity contribution < 1.29 is 9.47 Å². The van der Waals surface area contributed by atoms with Crippen molar-refractivity contribution in [1.29, 1.82) is 10.5 Å². The van der Waals surface area contributed by atoms with Gasteiger partial charge in [-0.1, -0.05) is 109 Å². The second kappa shape index (κ2) is 17.0. The van der Waals surface area contributed by atoms with E-state index in [-0.39, 0.29) is 0 Å². The van der Waals surface area contributed by atoms with Gasteiger partial charge in [-0.15, -0.1) is 23.5 Å². The minimum absolute atomic E-state index is 0.547. The number of nitriles is 2. The van der Waals surface area contributed by atoms with Crippen LogP contribution in [0, 0.1) is 22.7 Å². The Balaban J connectivity index is 1.13. The molecule has 7 rings (SSSR count). The summed E-state index contributed by atoms with van der Waals surface area (Å²) in [6, 6.07) is 52.9. The molecular formula is C46H34N4O2S2. The van der Waals surface area contributed by atoms with Crippen molar-refractivity contribution in [3.63, 3.8) is 0 Å². The van der Waals surface area contributed by atoms with Crippen LogP contribution in [0.2, 0.25) is 0 Å². The Labute approximate surface area is 324 Å². The van der Waals surface area contributed by atoms with Crippen molar-refractivity contribution in [3.05, 3.63) is 168 Å². The van der Waals surface area contributed by atoms with Gasteiger partial charge in [0.25, 0.3) is 0 Å². The number of hydrogen-bond donors (Lipinski definition) is 0. The van der Waals surface area contributed by atoms with E-state index >= 15 is 0 Å². The zero-order valence-corrected chi connectivity index (χ0v) is 31.3. The van der Waals surface area contributed by atoms with E-state index in [0.29, 0.717) is 32.7 Å². The molecule has 0 amide bonds. The molecule has 0 fully saturated rings. The van der Waals surface area contributed by atoms with Gasteiger partial charge in [-0.3, -0.25) is 0 Å². The molecule has 0 atom stereocenters. The lowest BCUT2D eigenvalue weighted by Gasteiger charge is -2.14. The van der Waals surface area contributed by atoms with E-state index in [2.05, 4.69) is 36.4 Å². The van der Waals surface area contributed by atoms with Crippen LogP contribution in [0.25, 0.3) is 44.8 Å². The fourth-order valence-corrected chi connectivity index (χ4v) is 7.93. The third-order valence-electron chi connectivity index (χ3n) is 8.91. The third-order valence-corrected chi connectivity index (χ3v) is 11.0. The molecule has 0 bridgehead atoms. The van der Waals surface area contributed by atoms with Crippen LogP contribution in [-0.4, -0.2) is 24.2 Å². The first-order chi connectivity index (χ1) is 26.6. The molecule has 0 saturated carbocycles. The molecular weight excluding hydrogens is 705 g/mol. The maximum Gasteiger partial charge on any atom is 0.118 e. The van der Waals surface area contributed by atoms with Crippen molar-refractivity contribution in [1.82, 2.24) is 9.97 Å². The zero-order chi connectivity index (χ0) is 37.3. The van der Waals surface area contributed by atoms with E-state index in [9.17, 15) is 10.5 Å². The largest absolute Gasteiger partial charge is 0.497 e. The molecule has 0 N–H and O–H groups in total. The van der Waals surface area contributed by atoms with Crippen LogP contribution >= 0.6 is 23.5 Å². The Morgan fingerprint density at radius 2 is 0.852 bits per heavy atom. The molecule has 0 unspecified atom stereocenters. The summed E-state index contributed by atoms with van der Waals surface area (Å²) in [5.41, 5.74) is 10.4. The lowest BCUT2D eigenvalue weighted by atomic mass is 9.99. The molecule has 0 aliphatic carbocycles. The predicted molar refractivity (Wildman–Crippen MR) is 218 cm³/mol. The van der Waals surface area contributed by atoms with Gasteiger partial charge in [0.05, 0.1) is 36.7 Å². The highest BCUT2D eigenvalue weighted by molar-refractivity contribution is 7.98. The van der Waals surface area contributed by atoms with Gasteiger partial charge in [0.2, 0.25) is 0 Å². The smallest absolute Gasteiger partial charge is 0.118 e. The van der Waals surface area contributed by atoms with Crippen LogP contribution in [0.4, 0.5) is 0 Å². The van der Waals surface area contributed by atoms with Gasteiger partial charge in [-0.25, -0.2) is 9.97 Å². The summed E-state index contributed by atoms with van der Waals surface area (Å²) < 4.78 is 10.7.